The lowest BCUT2D eigenvalue weighted by Crippen LogP contribution is -2.04. The zero-order chi connectivity index (χ0) is 12.4. The molecule has 0 amide bonds. The van der Waals surface area contributed by atoms with E-state index < -0.39 is 5.97 Å². The number of hydrogen-bond acceptors (Lipinski definition) is 1. The van der Waals surface area contributed by atoms with Crippen molar-refractivity contribution in [2.75, 3.05) is 0 Å². The van der Waals surface area contributed by atoms with E-state index in [0.29, 0.717) is 6.42 Å². The number of nitrogens with zero attached hydrogens (tertiary/aromatic N) is 1. The van der Waals surface area contributed by atoms with Gasteiger partial charge in [-0.3, -0.25) is 4.79 Å². The average molecular weight is 296 g/mol. The van der Waals surface area contributed by atoms with Crippen molar-refractivity contribution in [3.05, 3.63) is 34.4 Å². The maximum Gasteiger partial charge on any atom is 0.303 e. The predicted octanol–water partition coefficient (Wildman–Crippen LogP) is 3.44. The van der Waals surface area contributed by atoms with Gasteiger partial charge in [0.1, 0.15) is 0 Å². The quantitative estimate of drug-likeness (QED) is 0.939. The molecule has 0 saturated heterocycles. The molecule has 0 aliphatic carbocycles. The summed E-state index contributed by atoms with van der Waals surface area (Å²) >= 11 is 3.46. The smallest absolute Gasteiger partial charge is 0.303 e. The lowest BCUT2D eigenvalue weighted by atomic mass is 10.2. The first-order valence-corrected chi connectivity index (χ1v) is 6.40. The van der Waals surface area contributed by atoms with Crippen LogP contribution in [-0.2, 0) is 17.8 Å². The van der Waals surface area contributed by atoms with Crippen molar-refractivity contribution in [3.8, 4) is 0 Å². The Morgan fingerprint density at radius 2 is 2.18 bits per heavy atom. The number of carbonyl (C=O) groups is 1. The fourth-order valence-corrected chi connectivity index (χ4v) is 2.45. The summed E-state index contributed by atoms with van der Waals surface area (Å²) in [5, 5.41) is 9.90. The van der Waals surface area contributed by atoms with Gasteiger partial charge in [-0.1, -0.05) is 22.0 Å². The van der Waals surface area contributed by atoms with Crippen molar-refractivity contribution in [2.24, 2.45) is 0 Å². The second-order valence-corrected chi connectivity index (χ2v) is 4.89. The molecule has 17 heavy (non-hydrogen) atoms. The molecule has 0 unspecified atom stereocenters. The number of aryl methyl sites for hydroxylation is 2. The minimum absolute atomic E-state index is 0.178. The molecule has 0 aliphatic heterocycles. The summed E-state index contributed by atoms with van der Waals surface area (Å²) in [4.78, 5) is 10.6. The van der Waals surface area contributed by atoms with Gasteiger partial charge < -0.3 is 9.67 Å². The Balaban J connectivity index is 2.45. The van der Waals surface area contributed by atoms with Crippen molar-refractivity contribution < 1.29 is 9.90 Å². The van der Waals surface area contributed by atoms with Crippen LogP contribution in [0.5, 0.6) is 0 Å². The number of fused-ring (bicyclic) bond motifs is 1. The van der Waals surface area contributed by atoms with Crippen LogP contribution >= 0.6 is 15.9 Å². The summed E-state index contributed by atoms with van der Waals surface area (Å²) in [5.41, 5.74) is 2.24. The summed E-state index contributed by atoms with van der Waals surface area (Å²) in [6.45, 7) is 2.93. The van der Waals surface area contributed by atoms with Crippen molar-refractivity contribution in [2.45, 2.75) is 26.3 Å². The molecule has 0 bridgehead atoms. The minimum Gasteiger partial charge on any atom is -0.481 e. The normalized spacial score (nSPS) is 10.9. The summed E-state index contributed by atoms with van der Waals surface area (Å²) < 4.78 is 3.21. The van der Waals surface area contributed by atoms with Gasteiger partial charge in [-0.15, -0.1) is 0 Å². The Morgan fingerprint density at radius 3 is 2.82 bits per heavy atom. The first-order valence-electron chi connectivity index (χ1n) is 5.61. The molecule has 0 spiro atoms. The van der Waals surface area contributed by atoms with Gasteiger partial charge in [0.2, 0.25) is 0 Å². The molecule has 90 valence electrons. The zero-order valence-electron chi connectivity index (χ0n) is 9.61. The third-order valence-corrected chi connectivity index (χ3v) is 3.36. The standard InChI is InChI=1S/C13H14BrNO2/c1-2-15-11(5-6-13(16)17)7-9-3-4-10(14)8-12(9)15/h3-4,7-8H,2,5-6H2,1H3,(H,16,17). The molecule has 2 rings (SSSR count). The fraction of sp³-hybridized carbons (Fsp3) is 0.308. The van der Waals surface area contributed by atoms with Crippen LogP contribution in [0.1, 0.15) is 19.0 Å². The summed E-state index contributed by atoms with van der Waals surface area (Å²) in [6.07, 6.45) is 0.757. The van der Waals surface area contributed by atoms with Crippen LogP contribution < -0.4 is 0 Å². The Labute approximate surface area is 108 Å². The zero-order valence-corrected chi connectivity index (χ0v) is 11.2. The molecular weight excluding hydrogens is 282 g/mol. The van der Waals surface area contributed by atoms with Crippen molar-refractivity contribution in [3.63, 3.8) is 0 Å². The Hall–Kier alpha value is -1.29. The first-order chi connectivity index (χ1) is 8.11. The van der Waals surface area contributed by atoms with Gasteiger partial charge in [0.25, 0.3) is 0 Å². The largest absolute Gasteiger partial charge is 0.481 e. The van der Waals surface area contributed by atoms with Gasteiger partial charge in [-0.2, -0.15) is 0 Å². The summed E-state index contributed by atoms with van der Waals surface area (Å²) in [7, 11) is 0. The molecule has 0 radical (unpaired) electrons. The minimum atomic E-state index is -0.751. The first kappa shape index (κ1) is 12.2. The van der Waals surface area contributed by atoms with Gasteiger partial charge in [-0.05, 0) is 36.9 Å². The SMILES string of the molecule is CCn1c(CCC(=O)O)cc2ccc(Br)cc21. The van der Waals surface area contributed by atoms with Crippen molar-refractivity contribution in [1.29, 1.82) is 0 Å². The predicted molar refractivity (Wildman–Crippen MR) is 71.3 cm³/mol. The maximum absolute atomic E-state index is 10.6. The lowest BCUT2D eigenvalue weighted by Gasteiger charge is -2.06. The highest BCUT2D eigenvalue weighted by atomic mass is 79.9. The molecule has 0 aliphatic rings. The van der Waals surface area contributed by atoms with Gasteiger partial charge >= 0.3 is 5.97 Å². The summed E-state index contributed by atoms with van der Waals surface area (Å²) in [6, 6.07) is 8.20. The molecule has 1 aromatic carbocycles. The molecule has 0 atom stereocenters. The highest BCUT2D eigenvalue weighted by Gasteiger charge is 2.09. The Kier molecular flexibility index (Phi) is 3.52. The molecule has 1 aromatic heterocycles. The highest BCUT2D eigenvalue weighted by molar-refractivity contribution is 9.10. The molecule has 2 aromatic rings. The maximum atomic E-state index is 10.6. The number of aliphatic carboxylic acids is 1. The number of rotatable bonds is 4. The van der Waals surface area contributed by atoms with Crippen LogP contribution in [0.2, 0.25) is 0 Å². The van der Waals surface area contributed by atoms with Gasteiger partial charge in [0.05, 0.1) is 6.42 Å². The number of hydrogen-bond donors (Lipinski definition) is 1. The van der Waals surface area contributed by atoms with Crippen molar-refractivity contribution in [1.82, 2.24) is 4.57 Å². The fourth-order valence-electron chi connectivity index (χ4n) is 2.10. The van der Waals surface area contributed by atoms with E-state index in [1.165, 1.54) is 0 Å². The van der Waals surface area contributed by atoms with E-state index in [1.807, 2.05) is 6.07 Å². The number of aromatic nitrogens is 1. The van der Waals surface area contributed by atoms with Crippen LogP contribution in [-0.4, -0.2) is 15.6 Å². The molecule has 1 N–H and O–H groups in total. The molecular formula is C13H14BrNO2. The molecule has 3 nitrogen and oxygen atoms in total. The monoisotopic (exact) mass is 295 g/mol. The molecule has 0 saturated carbocycles. The van der Waals surface area contributed by atoms with E-state index >= 15 is 0 Å². The van der Waals surface area contributed by atoms with Gasteiger partial charge in [0, 0.05) is 22.2 Å². The second-order valence-electron chi connectivity index (χ2n) is 3.98. The number of carboxylic acid groups (broad SMARTS) is 1. The Bertz CT molecular complexity index is 560. The molecule has 4 heteroatoms. The Morgan fingerprint density at radius 1 is 1.41 bits per heavy atom. The van der Waals surface area contributed by atoms with E-state index in [4.69, 9.17) is 5.11 Å². The number of halogens is 1. The van der Waals surface area contributed by atoms with Crippen LogP contribution in [0.3, 0.4) is 0 Å². The van der Waals surface area contributed by atoms with Crippen LogP contribution in [0.15, 0.2) is 28.7 Å². The van der Waals surface area contributed by atoms with E-state index in [2.05, 4.69) is 45.6 Å². The molecule has 0 fully saturated rings. The lowest BCUT2D eigenvalue weighted by molar-refractivity contribution is -0.136. The van der Waals surface area contributed by atoms with Gasteiger partial charge in [-0.25, -0.2) is 0 Å². The average Bonchev–Trinajstić information content (AvgIpc) is 2.63. The van der Waals surface area contributed by atoms with E-state index in [9.17, 15) is 4.79 Å². The van der Waals surface area contributed by atoms with Crippen molar-refractivity contribution >= 4 is 32.8 Å². The van der Waals surface area contributed by atoms with E-state index in [-0.39, 0.29) is 6.42 Å². The third kappa shape index (κ3) is 2.52. The van der Waals surface area contributed by atoms with Crippen LogP contribution in [0, 0.1) is 0 Å². The summed E-state index contributed by atoms with van der Waals surface area (Å²) in [5.74, 6) is -0.751. The van der Waals surface area contributed by atoms with Crippen LogP contribution in [0.25, 0.3) is 10.9 Å². The number of carboxylic acids is 1. The highest BCUT2D eigenvalue weighted by Crippen LogP contribution is 2.24. The second kappa shape index (κ2) is 4.92. The van der Waals surface area contributed by atoms with E-state index in [0.717, 1.165) is 27.6 Å². The topological polar surface area (TPSA) is 42.2 Å². The third-order valence-electron chi connectivity index (χ3n) is 2.86. The van der Waals surface area contributed by atoms with Gasteiger partial charge in [0.15, 0.2) is 0 Å². The van der Waals surface area contributed by atoms with Crippen LogP contribution in [0.4, 0.5) is 0 Å². The number of benzene rings is 1. The van der Waals surface area contributed by atoms with E-state index in [1.54, 1.807) is 0 Å². The molecule has 1 heterocycles.